The minimum Gasteiger partial charge on any atom is -0.506 e. The van der Waals surface area contributed by atoms with Crippen molar-refractivity contribution >= 4 is 11.6 Å². The molecule has 6 heteroatoms. The summed E-state index contributed by atoms with van der Waals surface area (Å²) in [6, 6.07) is 7.01. The number of nitrogens with one attached hydrogen (secondary N) is 1. The van der Waals surface area contributed by atoms with E-state index >= 15 is 0 Å². The first-order valence-electron chi connectivity index (χ1n) is 6.87. The van der Waals surface area contributed by atoms with Gasteiger partial charge in [-0.3, -0.25) is 4.79 Å². The fraction of sp³-hybridized carbons (Fsp3) is 0.333. The van der Waals surface area contributed by atoms with Gasteiger partial charge in [0.2, 0.25) is 0 Å². The molecule has 1 aliphatic rings. The molecule has 21 heavy (non-hydrogen) atoms. The zero-order valence-electron chi connectivity index (χ0n) is 11.6. The number of rotatable bonds is 4. The van der Waals surface area contributed by atoms with Crippen LogP contribution in [0.2, 0.25) is 5.02 Å². The average Bonchev–Trinajstić information content (AvgIpc) is 3.26. The predicted octanol–water partition coefficient (Wildman–Crippen LogP) is 2.15. The second kappa shape index (κ2) is 5.50. The molecule has 0 aliphatic heterocycles. The number of benzene rings is 1. The third-order valence-corrected chi connectivity index (χ3v) is 4.00. The summed E-state index contributed by atoms with van der Waals surface area (Å²) >= 11 is 6.09. The van der Waals surface area contributed by atoms with Crippen molar-refractivity contribution in [3.63, 3.8) is 0 Å². The Bertz CT molecular complexity index is 738. The van der Waals surface area contributed by atoms with E-state index < -0.39 is 0 Å². The van der Waals surface area contributed by atoms with E-state index in [9.17, 15) is 9.90 Å². The van der Waals surface area contributed by atoms with Crippen molar-refractivity contribution in [1.82, 2.24) is 15.1 Å². The lowest BCUT2D eigenvalue weighted by Gasteiger charge is -2.12. The third kappa shape index (κ3) is 2.94. The van der Waals surface area contributed by atoms with Gasteiger partial charge in [0.05, 0.1) is 5.69 Å². The molecule has 0 amide bonds. The molecule has 2 aromatic rings. The molecule has 1 fully saturated rings. The SMILES string of the molecule is Cc1c(Cl)cccc1-n1nc(CNC2CC2)c(O)cc1=O. The largest absolute Gasteiger partial charge is 0.506 e. The molecule has 1 aromatic carbocycles. The first-order chi connectivity index (χ1) is 10.1. The van der Waals surface area contributed by atoms with Crippen LogP contribution < -0.4 is 10.9 Å². The number of aromatic hydroxyl groups is 1. The van der Waals surface area contributed by atoms with Crippen LogP contribution in [0.15, 0.2) is 29.1 Å². The van der Waals surface area contributed by atoms with Gasteiger partial charge in [-0.15, -0.1) is 0 Å². The van der Waals surface area contributed by atoms with Crippen LogP contribution in [0.4, 0.5) is 0 Å². The van der Waals surface area contributed by atoms with Gasteiger partial charge in [0.15, 0.2) is 0 Å². The van der Waals surface area contributed by atoms with Crippen LogP contribution in [-0.2, 0) is 6.54 Å². The highest BCUT2D eigenvalue weighted by atomic mass is 35.5. The predicted molar refractivity (Wildman–Crippen MR) is 81.1 cm³/mol. The van der Waals surface area contributed by atoms with Crippen molar-refractivity contribution in [2.45, 2.75) is 32.4 Å². The number of nitrogens with zero attached hydrogens (tertiary/aromatic N) is 2. The lowest BCUT2D eigenvalue weighted by atomic mass is 10.2. The molecule has 0 saturated heterocycles. The molecule has 0 bridgehead atoms. The van der Waals surface area contributed by atoms with Crippen molar-refractivity contribution in [1.29, 1.82) is 0 Å². The second-order valence-corrected chi connectivity index (χ2v) is 5.67. The standard InChI is InChI=1S/C15H16ClN3O2/c1-9-11(16)3-2-4-13(9)19-15(21)7-14(20)12(18-19)8-17-10-5-6-10/h2-4,7,10,17,20H,5-6,8H2,1H3. The molecule has 0 spiro atoms. The highest BCUT2D eigenvalue weighted by Crippen LogP contribution is 2.23. The van der Waals surface area contributed by atoms with Crippen LogP contribution in [-0.4, -0.2) is 20.9 Å². The van der Waals surface area contributed by atoms with Crippen LogP contribution in [0, 0.1) is 6.92 Å². The molecular formula is C15H16ClN3O2. The van der Waals surface area contributed by atoms with E-state index in [0.29, 0.717) is 29.0 Å². The van der Waals surface area contributed by atoms with E-state index in [-0.39, 0.29) is 11.3 Å². The van der Waals surface area contributed by atoms with Gasteiger partial charge in [-0.1, -0.05) is 17.7 Å². The second-order valence-electron chi connectivity index (χ2n) is 5.27. The summed E-state index contributed by atoms with van der Waals surface area (Å²) < 4.78 is 1.28. The van der Waals surface area contributed by atoms with E-state index in [4.69, 9.17) is 11.6 Å². The molecule has 1 aliphatic carbocycles. The highest BCUT2D eigenvalue weighted by Gasteiger charge is 2.21. The normalized spacial score (nSPS) is 14.4. The fourth-order valence-electron chi connectivity index (χ4n) is 2.14. The summed E-state index contributed by atoms with van der Waals surface area (Å²) in [6.45, 7) is 2.27. The van der Waals surface area contributed by atoms with Gasteiger partial charge in [-0.2, -0.15) is 9.78 Å². The molecule has 1 heterocycles. The van der Waals surface area contributed by atoms with Crippen LogP contribution in [0.5, 0.6) is 5.75 Å². The summed E-state index contributed by atoms with van der Waals surface area (Å²) in [5, 5.41) is 18.0. The Morgan fingerprint density at radius 2 is 2.24 bits per heavy atom. The molecule has 5 nitrogen and oxygen atoms in total. The Labute approximate surface area is 127 Å². The van der Waals surface area contributed by atoms with Crippen molar-refractivity contribution in [2.75, 3.05) is 0 Å². The summed E-state index contributed by atoms with van der Waals surface area (Å²) in [5.74, 6) is -0.0796. The lowest BCUT2D eigenvalue weighted by Crippen LogP contribution is -2.25. The van der Waals surface area contributed by atoms with Crippen molar-refractivity contribution in [3.05, 3.63) is 50.9 Å². The number of hydrogen-bond acceptors (Lipinski definition) is 4. The molecule has 2 N–H and O–H groups in total. The van der Waals surface area contributed by atoms with Gasteiger partial charge in [0.25, 0.3) is 5.56 Å². The van der Waals surface area contributed by atoms with Crippen molar-refractivity contribution in [3.8, 4) is 11.4 Å². The molecule has 0 unspecified atom stereocenters. The van der Waals surface area contributed by atoms with Crippen LogP contribution >= 0.6 is 11.6 Å². The van der Waals surface area contributed by atoms with E-state index in [1.807, 2.05) is 6.92 Å². The highest BCUT2D eigenvalue weighted by molar-refractivity contribution is 6.31. The van der Waals surface area contributed by atoms with Gasteiger partial charge in [0.1, 0.15) is 11.4 Å². The molecule has 3 rings (SSSR count). The fourth-order valence-corrected chi connectivity index (χ4v) is 2.30. The minimum absolute atomic E-state index is 0.0796. The van der Waals surface area contributed by atoms with E-state index in [2.05, 4.69) is 10.4 Å². The monoisotopic (exact) mass is 305 g/mol. The molecular weight excluding hydrogens is 290 g/mol. The van der Waals surface area contributed by atoms with Gasteiger partial charge in [0, 0.05) is 23.7 Å². The average molecular weight is 306 g/mol. The maximum Gasteiger partial charge on any atom is 0.275 e. The van der Waals surface area contributed by atoms with Gasteiger partial charge < -0.3 is 10.4 Å². The third-order valence-electron chi connectivity index (χ3n) is 3.59. The Hall–Kier alpha value is -1.85. The van der Waals surface area contributed by atoms with Gasteiger partial charge in [-0.25, -0.2) is 0 Å². The summed E-state index contributed by atoms with van der Waals surface area (Å²) in [7, 11) is 0. The molecule has 0 atom stereocenters. The van der Waals surface area contributed by atoms with E-state index in [1.165, 1.54) is 10.7 Å². The summed E-state index contributed by atoms with van der Waals surface area (Å²) in [6.07, 6.45) is 2.29. The Balaban J connectivity index is 2.02. The zero-order chi connectivity index (χ0) is 15.0. The van der Waals surface area contributed by atoms with Gasteiger partial charge in [-0.05, 0) is 37.5 Å². The summed E-state index contributed by atoms with van der Waals surface area (Å²) in [5.41, 5.74) is 1.48. The van der Waals surface area contributed by atoms with E-state index in [1.54, 1.807) is 18.2 Å². The maximum absolute atomic E-state index is 12.1. The van der Waals surface area contributed by atoms with Crippen LogP contribution in [0.1, 0.15) is 24.1 Å². The smallest absolute Gasteiger partial charge is 0.275 e. The number of hydrogen-bond donors (Lipinski definition) is 2. The lowest BCUT2D eigenvalue weighted by molar-refractivity contribution is 0.451. The molecule has 0 radical (unpaired) electrons. The van der Waals surface area contributed by atoms with Crippen LogP contribution in [0.25, 0.3) is 5.69 Å². The topological polar surface area (TPSA) is 67.2 Å². The number of aromatic nitrogens is 2. The van der Waals surface area contributed by atoms with Crippen molar-refractivity contribution in [2.24, 2.45) is 0 Å². The Morgan fingerprint density at radius 3 is 2.95 bits per heavy atom. The number of halogens is 1. The minimum atomic E-state index is -0.381. The van der Waals surface area contributed by atoms with Gasteiger partial charge >= 0.3 is 0 Å². The molecule has 1 aromatic heterocycles. The zero-order valence-corrected chi connectivity index (χ0v) is 12.4. The van der Waals surface area contributed by atoms with E-state index in [0.717, 1.165) is 18.4 Å². The van der Waals surface area contributed by atoms with Crippen LogP contribution in [0.3, 0.4) is 0 Å². The maximum atomic E-state index is 12.1. The summed E-state index contributed by atoms with van der Waals surface area (Å²) in [4.78, 5) is 12.1. The quantitative estimate of drug-likeness (QED) is 0.908. The first-order valence-corrected chi connectivity index (χ1v) is 7.25. The first kappa shape index (κ1) is 14.1. The van der Waals surface area contributed by atoms with Crippen molar-refractivity contribution < 1.29 is 5.11 Å². The Morgan fingerprint density at radius 1 is 1.48 bits per heavy atom. The molecule has 110 valence electrons. The Kier molecular flexibility index (Phi) is 3.69. The molecule has 1 saturated carbocycles.